The fraction of sp³-hybridized carbons (Fsp3) is 0.889. The van der Waals surface area contributed by atoms with Gasteiger partial charge in [-0.25, -0.2) is 9.59 Å². The molecule has 0 aromatic heterocycles. The SMILES string of the molecule is CCCCCC(C(=O)OOC(C)(C)C)C(C)C(=O)OOC(C)(C)C. The van der Waals surface area contributed by atoms with Crippen molar-refractivity contribution in [2.75, 3.05) is 0 Å². The molecular formula is C18H34O6. The average Bonchev–Trinajstić information content (AvgIpc) is 2.44. The normalized spacial score (nSPS) is 14.8. The van der Waals surface area contributed by atoms with E-state index in [9.17, 15) is 9.59 Å². The molecule has 24 heavy (non-hydrogen) atoms. The van der Waals surface area contributed by atoms with Gasteiger partial charge in [0.15, 0.2) is 0 Å². The van der Waals surface area contributed by atoms with Crippen LogP contribution < -0.4 is 0 Å². The molecule has 142 valence electrons. The van der Waals surface area contributed by atoms with E-state index < -0.39 is 35.0 Å². The first-order valence-electron chi connectivity index (χ1n) is 8.66. The summed E-state index contributed by atoms with van der Waals surface area (Å²) in [7, 11) is 0. The molecule has 0 N–H and O–H groups in total. The van der Waals surface area contributed by atoms with Crippen LogP contribution >= 0.6 is 0 Å². The van der Waals surface area contributed by atoms with Gasteiger partial charge in [-0.3, -0.25) is 9.78 Å². The zero-order valence-electron chi connectivity index (χ0n) is 16.4. The van der Waals surface area contributed by atoms with Crippen molar-refractivity contribution in [3.63, 3.8) is 0 Å². The lowest BCUT2D eigenvalue weighted by Gasteiger charge is -2.24. The lowest BCUT2D eigenvalue weighted by Crippen LogP contribution is -2.34. The largest absolute Gasteiger partial charge is 0.346 e. The van der Waals surface area contributed by atoms with Crippen LogP contribution in [-0.4, -0.2) is 23.1 Å². The van der Waals surface area contributed by atoms with E-state index in [1.54, 1.807) is 48.5 Å². The highest BCUT2D eigenvalue weighted by Gasteiger charge is 2.35. The van der Waals surface area contributed by atoms with Gasteiger partial charge >= 0.3 is 11.9 Å². The highest BCUT2D eigenvalue weighted by Crippen LogP contribution is 2.24. The monoisotopic (exact) mass is 346 g/mol. The Morgan fingerprint density at radius 2 is 1.29 bits per heavy atom. The van der Waals surface area contributed by atoms with Crippen molar-refractivity contribution >= 4 is 11.9 Å². The summed E-state index contributed by atoms with van der Waals surface area (Å²) < 4.78 is 0. The third-order valence-electron chi connectivity index (χ3n) is 3.14. The predicted molar refractivity (Wildman–Crippen MR) is 90.7 cm³/mol. The molecule has 0 amide bonds. The molecule has 0 rings (SSSR count). The summed E-state index contributed by atoms with van der Waals surface area (Å²) in [5, 5.41) is 0. The third kappa shape index (κ3) is 10.6. The second-order valence-corrected chi connectivity index (χ2v) is 8.09. The van der Waals surface area contributed by atoms with Gasteiger partial charge in [-0.05, 0) is 48.0 Å². The van der Waals surface area contributed by atoms with E-state index in [2.05, 4.69) is 6.92 Å². The number of rotatable bonds is 9. The second kappa shape index (κ2) is 9.99. The molecule has 0 radical (unpaired) electrons. The topological polar surface area (TPSA) is 71.1 Å². The lowest BCUT2D eigenvalue weighted by atomic mass is 9.89. The van der Waals surface area contributed by atoms with Gasteiger partial charge in [-0.15, -0.1) is 0 Å². The van der Waals surface area contributed by atoms with Gasteiger partial charge in [0.2, 0.25) is 0 Å². The zero-order valence-corrected chi connectivity index (χ0v) is 16.4. The Kier molecular flexibility index (Phi) is 9.51. The van der Waals surface area contributed by atoms with Gasteiger partial charge in [-0.2, -0.15) is 9.78 Å². The number of hydrogen-bond acceptors (Lipinski definition) is 6. The minimum atomic E-state index is -0.680. The van der Waals surface area contributed by atoms with E-state index in [4.69, 9.17) is 19.6 Å². The van der Waals surface area contributed by atoms with E-state index in [-0.39, 0.29) is 0 Å². The fourth-order valence-electron chi connectivity index (χ4n) is 1.82. The first-order chi connectivity index (χ1) is 10.9. The summed E-state index contributed by atoms with van der Waals surface area (Å²) in [6, 6.07) is 0. The van der Waals surface area contributed by atoms with Crippen LogP contribution in [0.25, 0.3) is 0 Å². The van der Waals surface area contributed by atoms with E-state index in [0.29, 0.717) is 6.42 Å². The number of carbonyl (C=O) groups excluding carboxylic acids is 2. The standard InChI is InChI=1S/C18H34O6/c1-9-10-11-12-14(16(20)22-24-18(6,7)8)13(2)15(19)21-23-17(3,4)5/h13-14H,9-12H2,1-8H3. The maximum atomic E-state index is 12.3. The Bertz CT molecular complexity index is 391. The molecule has 2 atom stereocenters. The van der Waals surface area contributed by atoms with Gasteiger partial charge in [0.05, 0.1) is 11.8 Å². The maximum absolute atomic E-state index is 12.3. The molecular weight excluding hydrogens is 312 g/mol. The molecule has 6 heteroatoms. The smallest absolute Gasteiger partial charge is 0.297 e. The summed E-state index contributed by atoms with van der Waals surface area (Å²) in [6.07, 6.45) is 3.35. The molecule has 0 aliphatic rings. The average molecular weight is 346 g/mol. The molecule has 0 aromatic rings. The third-order valence-corrected chi connectivity index (χ3v) is 3.14. The van der Waals surface area contributed by atoms with Crippen molar-refractivity contribution in [2.45, 2.75) is 92.3 Å². The zero-order chi connectivity index (χ0) is 19.0. The van der Waals surface area contributed by atoms with Gasteiger partial charge < -0.3 is 0 Å². The van der Waals surface area contributed by atoms with E-state index in [0.717, 1.165) is 19.3 Å². The van der Waals surface area contributed by atoms with Crippen LogP contribution in [0.2, 0.25) is 0 Å². The molecule has 0 heterocycles. The van der Waals surface area contributed by atoms with Crippen LogP contribution in [0, 0.1) is 11.8 Å². The minimum Gasteiger partial charge on any atom is -0.297 e. The quantitative estimate of drug-likeness (QED) is 0.351. The van der Waals surface area contributed by atoms with Crippen molar-refractivity contribution in [1.29, 1.82) is 0 Å². The van der Waals surface area contributed by atoms with E-state index in [1.807, 2.05) is 0 Å². The first-order valence-corrected chi connectivity index (χ1v) is 8.66. The minimum absolute atomic E-state index is 0.534. The molecule has 0 aliphatic carbocycles. The highest BCUT2D eigenvalue weighted by molar-refractivity contribution is 5.81. The summed E-state index contributed by atoms with van der Waals surface area (Å²) in [5.41, 5.74) is -1.22. The molecule has 0 saturated carbocycles. The van der Waals surface area contributed by atoms with Crippen molar-refractivity contribution in [1.82, 2.24) is 0 Å². The Balaban J connectivity index is 4.83. The predicted octanol–water partition coefficient (Wildman–Crippen LogP) is 4.37. The summed E-state index contributed by atoms with van der Waals surface area (Å²) in [6.45, 7) is 14.4. The van der Waals surface area contributed by atoms with E-state index in [1.165, 1.54) is 0 Å². The maximum Gasteiger partial charge on any atom is 0.346 e. The van der Waals surface area contributed by atoms with Crippen LogP contribution in [0.1, 0.15) is 81.1 Å². The van der Waals surface area contributed by atoms with Gasteiger partial charge in [-0.1, -0.05) is 33.1 Å². The molecule has 0 bridgehead atoms. The molecule has 0 fully saturated rings. The van der Waals surface area contributed by atoms with Crippen molar-refractivity contribution in [3.05, 3.63) is 0 Å². The summed E-state index contributed by atoms with van der Waals surface area (Å²) in [4.78, 5) is 44.4. The number of unbranched alkanes of at least 4 members (excludes halogenated alkanes) is 2. The molecule has 2 unspecified atom stereocenters. The van der Waals surface area contributed by atoms with Gasteiger partial charge in [0, 0.05) is 0 Å². The Hall–Kier alpha value is -1.14. The molecule has 0 aliphatic heterocycles. The van der Waals surface area contributed by atoms with Crippen LogP contribution in [0.5, 0.6) is 0 Å². The second-order valence-electron chi connectivity index (χ2n) is 8.09. The molecule has 6 nitrogen and oxygen atoms in total. The lowest BCUT2D eigenvalue weighted by molar-refractivity contribution is -0.329. The van der Waals surface area contributed by atoms with Crippen molar-refractivity contribution in [3.8, 4) is 0 Å². The number of hydrogen-bond donors (Lipinski definition) is 0. The van der Waals surface area contributed by atoms with Crippen molar-refractivity contribution < 1.29 is 29.1 Å². The molecule has 0 spiro atoms. The fourth-order valence-corrected chi connectivity index (χ4v) is 1.82. The highest BCUT2D eigenvalue weighted by atomic mass is 17.2. The van der Waals surface area contributed by atoms with Crippen LogP contribution in [0.4, 0.5) is 0 Å². The van der Waals surface area contributed by atoms with Crippen molar-refractivity contribution in [2.24, 2.45) is 11.8 Å². The van der Waals surface area contributed by atoms with Crippen LogP contribution in [0.3, 0.4) is 0 Å². The summed E-state index contributed by atoms with van der Waals surface area (Å²) in [5.74, 6) is -2.45. The summed E-state index contributed by atoms with van der Waals surface area (Å²) >= 11 is 0. The Morgan fingerprint density at radius 1 is 0.833 bits per heavy atom. The van der Waals surface area contributed by atoms with E-state index >= 15 is 0 Å². The number of carbonyl (C=O) groups is 2. The van der Waals surface area contributed by atoms with Gasteiger partial charge in [0.25, 0.3) is 0 Å². The molecule has 0 aromatic carbocycles. The molecule has 0 saturated heterocycles. The van der Waals surface area contributed by atoms with Gasteiger partial charge in [0.1, 0.15) is 11.2 Å². The van der Waals surface area contributed by atoms with Crippen LogP contribution in [-0.2, 0) is 29.1 Å². The Labute approximate surface area is 146 Å². The first kappa shape index (κ1) is 22.9. The van der Waals surface area contributed by atoms with Crippen LogP contribution in [0.15, 0.2) is 0 Å². The Morgan fingerprint density at radius 3 is 1.71 bits per heavy atom.